The number of benzene rings is 8. The number of aromatic nitrogens is 3. The van der Waals surface area contributed by atoms with E-state index in [1.165, 1.54) is 21.9 Å². The van der Waals surface area contributed by atoms with Gasteiger partial charge in [-0.25, -0.2) is 14.8 Å². The predicted octanol–water partition coefficient (Wildman–Crippen LogP) is 14.1. The Bertz CT molecular complexity index is 3050. The Morgan fingerprint density at radius 1 is 0.368 bits per heavy atom. The first kappa shape index (κ1) is 33.7. The fourth-order valence-corrected chi connectivity index (χ4v) is 7.84. The molecular weight excluding hydrogens is 693 g/mol. The number of rotatable bonds is 7. The zero-order valence-electron chi connectivity index (χ0n) is 30.9. The minimum Gasteiger partial charge on any atom is -0.309 e. The van der Waals surface area contributed by atoms with Crippen molar-refractivity contribution in [1.29, 1.82) is 0 Å². The number of para-hydroxylation sites is 2. The van der Waals surface area contributed by atoms with Crippen LogP contribution in [0.1, 0.15) is 0 Å². The molecule has 0 aliphatic carbocycles. The van der Waals surface area contributed by atoms with Crippen LogP contribution in [0, 0.1) is 6.57 Å². The smallest absolute Gasteiger partial charge is 0.194 e. The lowest BCUT2D eigenvalue weighted by atomic mass is 9.98. The van der Waals surface area contributed by atoms with Crippen LogP contribution in [0.25, 0.3) is 99.6 Å². The van der Waals surface area contributed by atoms with Crippen LogP contribution in [0.2, 0.25) is 0 Å². The molecule has 0 fully saturated rings. The van der Waals surface area contributed by atoms with Crippen LogP contribution in [0.5, 0.6) is 0 Å². The summed E-state index contributed by atoms with van der Waals surface area (Å²) in [5.41, 5.74) is 14.8. The first-order valence-corrected chi connectivity index (χ1v) is 19.0. The van der Waals surface area contributed by atoms with Gasteiger partial charge in [0.05, 0.1) is 29.0 Å². The highest BCUT2D eigenvalue weighted by molar-refractivity contribution is 6.10. The standard InChI is InChI=1S/C53H34N4/c1-54-48-23-13-11-21-45(48)42-31-43(50-35-49(39-17-7-3-8-18-39)55-53(56-50)40-19-9-4-10-20-40)33-44(32-42)57-51-24-14-12-22-46(51)47-30-29-41(34-52(47)57)38-27-25-37(26-28-38)36-15-5-2-6-16-36/h2-35H. The van der Waals surface area contributed by atoms with Crippen molar-refractivity contribution >= 4 is 27.5 Å². The molecular formula is C53H34N4. The van der Waals surface area contributed by atoms with Crippen molar-refractivity contribution in [3.63, 3.8) is 0 Å². The van der Waals surface area contributed by atoms with Gasteiger partial charge >= 0.3 is 0 Å². The topological polar surface area (TPSA) is 35.1 Å². The van der Waals surface area contributed by atoms with Crippen molar-refractivity contribution in [2.75, 3.05) is 0 Å². The molecule has 4 heteroatoms. The third-order valence-electron chi connectivity index (χ3n) is 10.6. The van der Waals surface area contributed by atoms with E-state index in [4.69, 9.17) is 16.5 Å². The summed E-state index contributed by atoms with van der Waals surface area (Å²) < 4.78 is 2.36. The SMILES string of the molecule is [C-]#[N+]c1ccccc1-c1cc(-c2cc(-c3ccccc3)nc(-c3ccccc3)n2)cc(-n2c3ccccc3c3ccc(-c4ccc(-c5ccccc5)cc4)cc32)c1. The quantitative estimate of drug-likeness (QED) is 0.153. The molecule has 57 heavy (non-hydrogen) atoms. The van der Waals surface area contributed by atoms with Gasteiger partial charge in [-0.15, -0.1) is 0 Å². The molecule has 0 N–H and O–H groups in total. The summed E-state index contributed by atoms with van der Waals surface area (Å²) in [6.07, 6.45) is 0. The van der Waals surface area contributed by atoms with E-state index in [9.17, 15) is 0 Å². The Balaban J connectivity index is 1.21. The molecule has 266 valence electrons. The van der Waals surface area contributed by atoms with Gasteiger partial charge in [-0.1, -0.05) is 170 Å². The monoisotopic (exact) mass is 726 g/mol. The van der Waals surface area contributed by atoms with Crippen LogP contribution in [-0.2, 0) is 0 Å². The average Bonchev–Trinajstić information content (AvgIpc) is 3.63. The first-order chi connectivity index (χ1) is 28.2. The zero-order valence-corrected chi connectivity index (χ0v) is 30.9. The van der Waals surface area contributed by atoms with E-state index in [-0.39, 0.29) is 0 Å². The van der Waals surface area contributed by atoms with Crippen molar-refractivity contribution in [3.05, 3.63) is 218 Å². The Hall–Kier alpha value is -7.87. The second-order valence-electron chi connectivity index (χ2n) is 14.1. The second kappa shape index (κ2) is 14.4. The van der Waals surface area contributed by atoms with Gasteiger partial charge in [0.1, 0.15) is 0 Å². The molecule has 0 aliphatic heterocycles. The van der Waals surface area contributed by atoms with E-state index in [1.807, 2.05) is 78.9 Å². The van der Waals surface area contributed by atoms with Crippen LogP contribution >= 0.6 is 0 Å². The number of nitrogens with zero attached hydrogens (tertiary/aromatic N) is 4. The van der Waals surface area contributed by atoms with E-state index in [0.29, 0.717) is 11.5 Å². The Kier molecular flexibility index (Phi) is 8.52. The summed E-state index contributed by atoms with van der Waals surface area (Å²) in [5, 5.41) is 2.34. The maximum absolute atomic E-state index is 8.07. The summed E-state index contributed by atoms with van der Waals surface area (Å²) in [6.45, 7) is 8.07. The minimum atomic E-state index is 0.599. The van der Waals surface area contributed by atoms with Crippen molar-refractivity contribution in [1.82, 2.24) is 14.5 Å². The molecule has 4 nitrogen and oxygen atoms in total. The molecule has 0 saturated heterocycles. The molecule has 10 aromatic rings. The highest BCUT2D eigenvalue weighted by Gasteiger charge is 2.18. The largest absolute Gasteiger partial charge is 0.309 e. The van der Waals surface area contributed by atoms with E-state index in [1.54, 1.807) is 0 Å². The van der Waals surface area contributed by atoms with E-state index < -0.39 is 0 Å². The maximum Gasteiger partial charge on any atom is 0.194 e. The van der Waals surface area contributed by atoms with E-state index in [2.05, 4.69) is 137 Å². The lowest BCUT2D eigenvalue weighted by Gasteiger charge is -2.16. The lowest BCUT2D eigenvalue weighted by Crippen LogP contribution is -1.99. The Morgan fingerprint density at radius 2 is 0.895 bits per heavy atom. The number of fused-ring (bicyclic) bond motifs is 3. The lowest BCUT2D eigenvalue weighted by molar-refractivity contribution is 1.16. The van der Waals surface area contributed by atoms with Crippen LogP contribution < -0.4 is 0 Å². The summed E-state index contributed by atoms with van der Waals surface area (Å²) in [4.78, 5) is 14.2. The molecule has 2 heterocycles. The average molecular weight is 727 g/mol. The van der Waals surface area contributed by atoms with Gasteiger partial charge in [0.25, 0.3) is 0 Å². The molecule has 0 spiro atoms. The normalized spacial score (nSPS) is 11.1. The van der Waals surface area contributed by atoms with Gasteiger partial charge < -0.3 is 4.57 Å². The number of hydrogen-bond donors (Lipinski definition) is 0. The minimum absolute atomic E-state index is 0.599. The van der Waals surface area contributed by atoms with Crippen LogP contribution in [0.3, 0.4) is 0 Å². The predicted molar refractivity (Wildman–Crippen MR) is 235 cm³/mol. The van der Waals surface area contributed by atoms with Crippen molar-refractivity contribution in [2.45, 2.75) is 0 Å². The number of hydrogen-bond acceptors (Lipinski definition) is 2. The van der Waals surface area contributed by atoms with Crippen molar-refractivity contribution in [3.8, 4) is 73.0 Å². The Labute approximate surface area is 331 Å². The summed E-state index contributed by atoms with van der Waals surface area (Å²) in [6, 6.07) is 71.6. The molecule has 10 rings (SSSR count). The molecule has 0 unspecified atom stereocenters. The zero-order chi connectivity index (χ0) is 38.1. The van der Waals surface area contributed by atoms with Gasteiger partial charge in [-0.05, 0) is 69.8 Å². The summed E-state index contributed by atoms with van der Waals surface area (Å²) in [7, 11) is 0. The molecule has 2 aromatic heterocycles. The highest BCUT2D eigenvalue weighted by Crippen LogP contribution is 2.40. The molecule has 0 radical (unpaired) electrons. The van der Waals surface area contributed by atoms with Gasteiger partial charge in [-0.2, -0.15) is 0 Å². The van der Waals surface area contributed by atoms with E-state index in [0.717, 1.165) is 67.1 Å². The van der Waals surface area contributed by atoms with Gasteiger partial charge in [0, 0.05) is 33.2 Å². The van der Waals surface area contributed by atoms with E-state index >= 15 is 0 Å². The maximum atomic E-state index is 8.07. The van der Waals surface area contributed by atoms with Gasteiger partial charge in [-0.3, -0.25) is 0 Å². The first-order valence-electron chi connectivity index (χ1n) is 19.0. The van der Waals surface area contributed by atoms with Gasteiger partial charge in [0.15, 0.2) is 11.5 Å². The molecule has 0 bridgehead atoms. The fourth-order valence-electron chi connectivity index (χ4n) is 7.84. The van der Waals surface area contributed by atoms with Crippen molar-refractivity contribution < 1.29 is 0 Å². The molecule has 0 saturated carbocycles. The van der Waals surface area contributed by atoms with Gasteiger partial charge in [0.2, 0.25) is 0 Å². The summed E-state index contributed by atoms with van der Waals surface area (Å²) >= 11 is 0. The van der Waals surface area contributed by atoms with Crippen molar-refractivity contribution in [2.24, 2.45) is 0 Å². The van der Waals surface area contributed by atoms with Crippen LogP contribution in [-0.4, -0.2) is 14.5 Å². The molecule has 0 amide bonds. The fraction of sp³-hybridized carbons (Fsp3) is 0. The summed E-state index contributed by atoms with van der Waals surface area (Å²) in [5.74, 6) is 0.653. The third kappa shape index (κ3) is 6.34. The third-order valence-corrected chi connectivity index (χ3v) is 10.6. The second-order valence-corrected chi connectivity index (χ2v) is 14.1. The van der Waals surface area contributed by atoms with Crippen LogP contribution in [0.4, 0.5) is 5.69 Å². The molecule has 0 atom stereocenters. The molecule has 0 aliphatic rings. The molecule has 8 aromatic carbocycles. The van der Waals surface area contributed by atoms with Crippen LogP contribution in [0.15, 0.2) is 206 Å². The highest BCUT2D eigenvalue weighted by atomic mass is 15.0. The Morgan fingerprint density at radius 3 is 1.61 bits per heavy atom.